The maximum Gasteiger partial charge on any atom is 0.227 e. The Morgan fingerprint density at radius 1 is 1.27 bits per heavy atom. The molecule has 3 heterocycles. The number of likely N-dealkylation sites (N-methyl/N-ethyl adjacent to an activating group) is 1. The third-order valence-corrected chi connectivity index (χ3v) is 5.70. The highest BCUT2D eigenvalue weighted by Crippen LogP contribution is 2.31. The van der Waals surface area contributed by atoms with Crippen LogP contribution in [0.25, 0.3) is 10.9 Å². The number of nitrogens with zero attached hydrogens (tertiary/aromatic N) is 4. The molecule has 0 spiro atoms. The molecule has 0 aliphatic carbocycles. The van der Waals surface area contributed by atoms with E-state index in [0.717, 1.165) is 54.0 Å². The topological polar surface area (TPSA) is 74.7 Å². The molecule has 1 saturated heterocycles. The van der Waals surface area contributed by atoms with Crippen molar-refractivity contribution in [1.82, 2.24) is 20.3 Å². The summed E-state index contributed by atoms with van der Waals surface area (Å²) in [5.74, 6) is 1.55. The van der Waals surface area contributed by atoms with Gasteiger partial charge in [-0.25, -0.2) is 9.97 Å². The highest BCUT2D eigenvalue weighted by Gasteiger charge is 2.21. The lowest BCUT2D eigenvalue weighted by molar-refractivity contribution is 0.223. The van der Waals surface area contributed by atoms with E-state index >= 15 is 0 Å². The van der Waals surface area contributed by atoms with Crippen molar-refractivity contribution in [3.8, 4) is 5.75 Å². The molecule has 0 bridgehead atoms. The van der Waals surface area contributed by atoms with Gasteiger partial charge in [-0.1, -0.05) is 23.7 Å². The summed E-state index contributed by atoms with van der Waals surface area (Å²) in [5.41, 5.74) is 2.75. The lowest BCUT2D eigenvalue weighted by atomic mass is 10.00. The van der Waals surface area contributed by atoms with E-state index in [9.17, 15) is 0 Å². The SMILES string of the molecule is CN1CC(c2cc(Nc3ncc4cccc(Cl)c4n3)cc(O[C@H]3CCNC3)c2)C=N1. The molecule has 3 aromatic rings. The van der Waals surface area contributed by atoms with Gasteiger partial charge in [0.05, 0.1) is 10.5 Å². The lowest BCUT2D eigenvalue weighted by Crippen LogP contribution is -2.20. The van der Waals surface area contributed by atoms with Crippen LogP contribution in [-0.4, -0.2) is 54.0 Å². The maximum absolute atomic E-state index is 6.31. The first-order valence-corrected chi connectivity index (χ1v) is 10.5. The van der Waals surface area contributed by atoms with E-state index in [0.29, 0.717) is 11.0 Å². The molecular formula is C22H23ClN6O. The number of halogens is 1. The van der Waals surface area contributed by atoms with Crippen LogP contribution >= 0.6 is 11.6 Å². The molecule has 30 heavy (non-hydrogen) atoms. The van der Waals surface area contributed by atoms with Gasteiger partial charge in [-0.15, -0.1) is 0 Å². The van der Waals surface area contributed by atoms with Crippen molar-refractivity contribution in [2.45, 2.75) is 18.4 Å². The molecule has 1 unspecified atom stereocenters. The second-order valence-corrected chi connectivity index (χ2v) is 8.14. The van der Waals surface area contributed by atoms with Crippen LogP contribution in [0.5, 0.6) is 5.75 Å². The molecule has 1 aromatic heterocycles. The first-order valence-electron chi connectivity index (χ1n) is 10.1. The minimum atomic E-state index is 0.184. The average molecular weight is 423 g/mol. The number of aromatic nitrogens is 2. The van der Waals surface area contributed by atoms with Crippen molar-refractivity contribution in [3.63, 3.8) is 0 Å². The summed E-state index contributed by atoms with van der Waals surface area (Å²) in [6, 6.07) is 11.9. The fraction of sp³-hybridized carbons (Fsp3) is 0.318. The second kappa shape index (κ2) is 8.08. The molecule has 2 aliphatic rings. The Kier molecular flexibility index (Phi) is 5.14. The van der Waals surface area contributed by atoms with Crippen LogP contribution in [0.2, 0.25) is 5.02 Å². The standard InChI is InChI=1S/C22H23ClN6O/c1-29-13-16(11-26-29)15-7-17(9-19(8-15)30-18-5-6-24-12-18)27-22-25-10-14-3-2-4-20(23)21(14)28-22/h2-4,7-11,16,18,24H,5-6,12-13H2,1H3,(H,25,27,28)/t16?,18-/m0/s1. The van der Waals surface area contributed by atoms with Gasteiger partial charge in [-0.3, -0.25) is 5.01 Å². The average Bonchev–Trinajstić information content (AvgIpc) is 3.40. The predicted octanol–water partition coefficient (Wildman–Crippen LogP) is 3.78. The molecule has 2 aromatic carbocycles. The Hall–Kier alpha value is -2.90. The van der Waals surface area contributed by atoms with Crippen molar-refractivity contribution in [3.05, 3.63) is 53.2 Å². The number of ether oxygens (including phenoxy) is 1. The Morgan fingerprint density at radius 3 is 3.00 bits per heavy atom. The number of rotatable bonds is 5. The second-order valence-electron chi connectivity index (χ2n) is 7.73. The van der Waals surface area contributed by atoms with Gasteiger partial charge in [0.2, 0.25) is 5.95 Å². The van der Waals surface area contributed by atoms with Gasteiger partial charge in [0.15, 0.2) is 0 Å². The van der Waals surface area contributed by atoms with Crippen LogP contribution in [0, 0.1) is 0 Å². The fourth-order valence-corrected chi connectivity index (χ4v) is 4.10. The number of para-hydroxylation sites is 1. The zero-order chi connectivity index (χ0) is 20.5. The molecule has 154 valence electrons. The quantitative estimate of drug-likeness (QED) is 0.651. The Morgan fingerprint density at radius 2 is 2.20 bits per heavy atom. The van der Waals surface area contributed by atoms with Crippen LogP contribution in [-0.2, 0) is 0 Å². The number of hydrogen-bond donors (Lipinski definition) is 2. The van der Waals surface area contributed by atoms with Crippen molar-refractivity contribution < 1.29 is 4.74 Å². The van der Waals surface area contributed by atoms with Crippen molar-refractivity contribution in [2.24, 2.45) is 5.10 Å². The summed E-state index contributed by atoms with van der Waals surface area (Å²) >= 11 is 6.31. The van der Waals surface area contributed by atoms with E-state index in [4.69, 9.17) is 16.3 Å². The minimum Gasteiger partial charge on any atom is -0.489 e. The van der Waals surface area contributed by atoms with Gasteiger partial charge in [-0.05, 0) is 36.7 Å². The molecule has 2 atom stereocenters. The first-order chi connectivity index (χ1) is 14.6. The predicted molar refractivity (Wildman–Crippen MR) is 120 cm³/mol. The maximum atomic E-state index is 6.31. The molecule has 2 aliphatic heterocycles. The van der Waals surface area contributed by atoms with Crippen LogP contribution in [0.1, 0.15) is 17.9 Å². The summed E-state index contributed by atoms with van der Waals surface area (Å²) < 4.78 is 6.25. The smallest absolute Gasteiger partial charge is 0.227 e. The number of anilines is 2. The van der Waals surface area contributed by atoms with E-state index in [2.05, 4.69) is 37.8 Å². The third kappa shape index (κ3) is 4.04. The Bertz CT molecular complexity index is 1100. The molecule has 7 nitrogen and oxygen atoms in total. The minimum absolute atomic E-state index is 0.184. The van der Waals surface area contributed by atoms with E-state index in [1.165, 1.54) is 0 Å². The van der Waals surface area contributed by atoms with Gasteiger partial charge in [0.25, 0.3) is 0 Å². The number of hydrogen-bond acceptors (Lipinski definition) is 7. The van der Waals surface area contributed by atoms with Crippen molar-refractivity contribution in [2.75, 3.05) is 32.0 Å². The number of benzene rings is 2. The molecule has 8 heteroatoms. The number of nitrogens with one attached hydrogen (secondary N) is 2. The lowest BCUT2D eigenvalue weighted by Gasteiger charge is -2.18. The van der Waals surface area contributed by atoms with E-state index in [1.54, 1.807) is 6.20 Å². The zero-order valence-electron chi connectivity index (χ0n) is 16.7. The van der Waals surface area contributed by atoms with Crippen molar-refractivity contribution in [1.29, 1.82) is 0 Å². The first kappa shape index (κ1) is 19.1. The summed E-state index contributed by atoms with van der Waals surface area (Å²) in [6.45, 7) is 2.70. The highest BCUT2D eigenvalue weighted by molar-refractivity contribution is 6.35. The summed E-state index contributed by atoms with van der Waals surface area (Å²) in [7, 11) is 1.98. The normalized spacial score (nSPS) is 20.8. The summed E-state index contributed by atoms with van der Waals surface area (Å²) in [6.07, 6.45) is 4.95. The largest absolute Gasteiger partial charge is 0.489 e. The van der Waals surface area contributed by atoms with Gasteiger partial charge < -0.3 is 15.4 Å². The Balaban J connectivity index is 1.46. The fourth-order valence-electron chi connectivity index (χ4n) is 3.87. The van der Waals surface area contributed by atoms with Gasteiger partial charge in [-0.2, -0.15) is 5.10 Å². The molecular weight excluding hydrogens is 400 g/mol. The van der Waals surface area contributed by atoms with Gasteiger partial charge >= 0.3 is 0 Å². The van der Waals surface area contributed by atoms with Crippen molar-refractivity contribution >= 4 is 40.4 Å². The summed E-state index contributed by atoms with van der Waals surface area (Å²) in [5, 5.41) is 14.5. The highest BCUT2D eigenvalue weighted by atomic mass is 35.5. The van der Waals surface area contributed by atoms with Gasteiger partial charge in [0.1, 0.15) is 11.9 Å². The van der Waals surface area contributed by atoms with Crippen LogP contribution < -0.4 is 15.4 Å². The monoisotopic (exact) mass is 422 g/mol. The van der Waals surface area contributed by atoms with Gasteiger partial charge in [0, 0.05) is 55.6 Å². The van der Waals surface area contributed by atoms with Crippen LogP contribution in [0.3, 0.4) is 0 Å². The number of fused-ring (bicyclic) bond motifs is 1. The molecule has 0 saturated carbocycles. The van der Waals surface area contributed by atoms with E-state index < -0.39 is 0 Å². The Labute approximate surface area is 180 Å². The van der Waals surface area contributed by atoms with Crippen LogP contribution in [0.4, 0.5) is 11.6 Å². The van der Waals surface area contributed by atoms with Crippen LogP contribution in [0.15, 0.2) is 47.7 Å². The molecule has 1 fully saturated rings. The third-order valence-electron chi connectivity index (χ3n) is 5.40. The molecule has 2 N–H and O–H groups in total. The zero-order valence-corrected chi connectivity index (χ0v) is 17.4. The molecule has 0 radical (unpaired) electrons. The van der Waals surface area contributed by atoms with E-state index in [1.807, 2.05) is 42.5 Å². The number of hydrazone groups is 1. The molecule has 0 amide bonds. The summed E-state index contributed by atoms with van der Waals surface area (Å²) in [4.78, 5) is 9.05. The van der Waals surface area contributed by atoms with E-state index in [-0.39, 0.29) is 12.0 Å². The molecule has 5 rings (SSSR count).